The lowest BCUT2D eigenvalue weighted by molar-refractivity contribution is -0.118. The molecular weight excluding hydrogens is 426 g/mol. The lowest BCUT2D eigenvalue weighted by atomic mass is 9.87. The first-order valence-electron chi connectivity index (χ1n) is 10.6. The quantitative estimate of drug-likeness (QED) is 0.677. The predicted octanol–water partition coefficient (Wildman–Crippen LogP) is 4.36. The number of benzene rings is 2. The monoisotopic (exact) mass is 455 g/mol. The topological polar surface area (TPSA) is 91.0 Å². The zero-order chi connectivity index (χ0) is 23.5. The Labute approximate surface area is 194 Å². The number of amides is 3. The van der Waals surface area contributed by atoms with E-state index in [1.54, 1.807) is 24.3 Å². The van der Waals surface area contributed by atoms with Gasteiger partial charge in [-0.1, -0.05) is 32.4 Å². The van der Waals surface area contributed by atoms with Gasteiger partial charge in [0.15, 0.2) is 0 Å². The average Bonchev–Trinajstić information content (AvgIpc) is 3.14. The summed E-state index contributed by atoms with van der Waals surface area (Å²) in [6, 6.07) is 12.8. The number of nitrogens with two attached hydrogens (primary N) is 1. The Morgan fingerprint density at radius 1 is 1.16 bits per heavy atom. The Bertz CT molecular complexity index is 997. The van der Waals surface area contributed by atoms with Crippen LogP contribution in [0.25, 0.3) is 0 Å². The van der Waals surface area contributed by atoms with Crippen molar-refractivity contribution >= 4 is 40.7 Å². The Morgan fingerprint density at radius 2 is 1.78 bits per heavy atom. The summed E-state index contributed by atoms with van der Waals surface area (Å²) in [5.41, 5.74) is 7.64. The number of aliphatic imine (C=N–C) groups is 1. The summed E-state index contributed by atoms with van der Waals surface area (Å²) in [5, 5.41) is 3.48. The molecule has 1 unspecified atom stereocenters. The van der Waals surface area contributed by atoms with Gasteiger partial charge in [0, 0.05) is 35.6 Å². The molecule has 32 heavy (non-hydrogen) atoms. The maximum atomic E-state index is 13.4. The average molecular weight is 456 g/mol. The van der Waals surface area contributed by atoms with Gasteiger partial charge in [-0.2, -0.15) is 0 Å². The molecule has 0 saturated carbocycles. The molecule has 2 aromatic rings. The maximum Gasteiger partial charge on any atom is 0.320 e. The van der Waals surface area contributed by atoms with Crippen LogP contribution >= 0.6 is 11.6 Å². The number of anilines is 2. The fourth-order valence-electron chi connectivity index (χ4n) is 3.72. The highest BCUT2D eigenvalue weighted by molar-refractivity contribution is 6.30. The minimum absolute atomic E-state index is 0.225. The van der Waals surface area contributed by atoms with Crippen molar-refractivity contribution in [2.24, 2.45) is 16.1 Å². The largest absolute Gasteiger partial charge is 0.358 e. The number of halogens is 1. The number of hydrogen-bond acceptors (Lipinski definition) is 4. The molecule has 8 heteroatoms. The van der Waals surface area contributed by atoms with Crippen LogP contribution in [0.4, 0.5) is 16.2 Å². The predicted molar refractivity (Wildman–Crippen MR) is 130 cm³/mol. The van der Waals surface area contributed by atoms with Crippen LogP contribution in [0.1, 0.15) is 32.8 Å². The van der Waals surface area contributed by atoms with E-state index in [1.165, 1.54) is 4.90 Å². The molecule has 0 radical (unpaired) electrons. The van der Waals surface area contributed by atoms with Crippen LogP contribution in [0, 0.1) is 5.41 Å². The second-order valence-corrected chi connectivity index (χ2v) is 9.60. The molecule has 0 aliphatic carbocycles. The highest BCUT2D eigenvalue weighted by Crippen LogP contribution is 2.29. The lowest BCUT2D eigenvalue weighted by Gasteiger charge is -2.33. The van der Waals surface area contributed by atoms with Crippen LogP contribution < -0.4 is 16.0 Å². The van der Waals surface area contributed by atoms with Crippen LogP contribution in [0.2, 0.25) is 5.02 Å². The second-order valence-electron chi connectivity index (χ2n) is 9.16. The molecule has 0 saturated heterocycles. The number of hydrogen-bond donors (Lipinski definition) is 2. The summed E-state index contributed by atoms with van der Waals surface area (Å²) in [6.45, 7) is 7.73. The minimum atomic E-state index is -0.793. The highest BCUT2D eigenvalue weighted by atomic mass is 35.5. The summed E-state index contributed by atoms with van der Waals surface area (Å²) in [7, 11) is 2.01. The minimum Gasteiger partial charge on any atom is -0.358 e. The smallest absolute Gasteiger partial charge is 0.320 e. The molecule has 1 aliphatic rings. The third-order valence-corrected chi connectivity index (χ3v) is 5.48. The Morgan fingerprint density at radius 3 is 2.28 bits per heavy atom. The van der Waals surface area contributed by atoms with Crippen LogP contribution in [0.5, 0.6) is 0 Å². The number of likely N-dealkylation sites (N-methyl/N-ethyl adjacent to an activating group) is 1. The van der Waals surface area contributed by atoms with Gasteiger partial charge in [-0.15, -0.1) is 0 Å². The molecule has 7 nitrogen and oxygen atoms in total. The van der Waals surface area contributed by atoms with Gasteiger partial charge in [0.25, 0.3) is 0 Å². The van der Waals surface area contributed by atoms with Gasteiger partial charge in [-0.05, 0) is 60.4 Å². The molecule has 2 aromatic carbocycles. The standard InChI is InChI=1S/C24H30ClN5O2/c1-24(2,3)15-20(30(23(26)32)19-11-7-17(25)8-12-19)22(31)28-18-9-5-16(6-10-18)21-27-13-14-29(21)4/h5-12,20H,13-15H2,1-4H3,(H2,26,32)(H,28,31). The first-order valence-corrected chi connectivity index (χ1v) is 10.9. The molecular formula is C24H30ClN5O2. The summed E-state index contributed by atoms with van der Waals surface area (Å²) < 4.78 is 0. The highest BCUT2D eigenvalue weighted by Gasteiger charge is 2.33. The normalized spacial score (nSPS) is 14.7. The summed E-state index contributed by atoms with van der Waals surface area (Å²) >= 11 is 6.00. The number of nitrogens with one attached hydrogen (secondary N) is 1. The Kier molecular flexibility index (Phi) is 7.09. The van der Waals surface area contributed by atoms with E-state index in [1.807, 2.05) is 52.1 Å². The molecule has 3 N–H and O–H groups in total. The number of rotatable bonds is 6. The van der Waals surface area contributed by atoms with Gasteiger partial charge in [0.05, 0.1) is 6.54 Å². The van der Waals surface area contributed by atoms with E-state index < -0.39 is 12.1 Å². The van der Waals surface area contributed by atoms with Crippen LogP contribution in [-0.4, -0.2) is 48.9 Å². The molecule has 1 heterocycles. The van der Waals surface area contributed by atoms with E-state index in [2.05, 4.69) is 15.2 Å². The van der Waals surface area contributed by atoms with Crippen molar-refractivity contribution in [3.63, 3.8) is 0 Å². The molecule has 0 fully saturated rings. The molecule has 0 spiro atoms. The van der Waals surface area contributed by atoms with Crippen molar-refractivity contribution in [1.82, 2.24) is 4.90 Å². The fraction of sp³-hybridized carbons (Fsp3) is 0.375. The SMILES string of the molecule is CN1CCN=C1c1ccc(NC(=O)C(CC(C)(C)C)N(C(N)=O)c2ccc(Cl)cc2)cc1. The Hall–Kier alpha value is -3.06. The summed E-state index contributed by atoms with van der Waals surface area (Å²) in [6.07, 6.45) is 0.421. The Balaban J connectivity index is 1.85. The van der Waals surface area contributed by atoms with Gasteiger partial charge < -0.3 is 16.0 Å². The van der Waals surface area contributed by atoms with E-state index in [0.29, 0.717) is 22.8 Å². The number of nitrogens with zero attached hydrogens (tertiary/aromatic N) is 3. The van der Waals surface area contributed by atoms with Gasteiger partial charge in [0.1, 0.15) is 11.9 Å². The van der Waals surface area contributed by atoms with Crippen molar-refractivity contribution in [3.05, 3.63) is 59.1 Å². The van der Waals surface area contributed by atoms with E-state index in [0.717, 1.165) is 24.5 Å². The van der Waals surface area contributed by atoms with Crippen molar-refractivity contribution in [1.29, 1.82) is 0 Å². The molecule has 3 rings (SSSR count). The molecule has 1 atom stereocenters. The van der Waals surface area contributed by atoms with Gasteiger partial charge in [0.2, 0.25) is 5.91 Å². The van der Waals surface area contributed by atoms with Crippen LogP contribution in [0.15, 0.2) is 53.5 Å². The molecule has 170 valence electrons. The molecule has 1 aliphatic heterocycles. The molecule has 3 amide bonds. The summed E-state index contributed by atoms with van der Waals surface area (Å²) in [4.78, 5) is 33.7. The number of primary amides is 1. The van der Waals surface area contributed by atoms with Crippen molar-refractivity contribution in [2.45, 2.75) is 33.2 Å². The van der Waals surface area contributed by atoms with Crippen LogP contribution in [0.3, 0.4) is 0 Å². The van der Waals surface area contributed by atoms with E-state index in [4.69, 9.17) is 17.3 Å². The number of carbonyl (C=O) groups is 2. The van der Waals surface area contributed by atoms with Gasteiger partial charge in [-0.25, -0.2) is 4.79 Å². The number of carbonyl (C=O) groups excluding carboxylic acids is 2. The van der Waals surface area contributed by atoms with Crippen LogP contribution in [-0.2, 0) is 4.79 Å². The number of urea groups is 1. The zero-order valence-corrected chi connectivity index (χ0v) is 19.7. The molecule has 0 aromatic heterocycles. The van der Waals surface area contributed by atoms with E-state index >= 15 is 0 Å². The molecule has 0 bridgehead atoms. The third-order valence-electron chi connectivity index (χ3n) is 5.23. The first-order chi connectivity index (χ1) is 15.0. The van der Waals surface area contributed by atoms with Gasteiger partial charge >= 0.3 is 6.03 Å². The first kappa shape index (κ1) is 23.6. The van der Waals surface area contributed by atoms with Crippen molar-refractivity contribution in [3.8, 4) is 0 Å². The zero-order valence-electron chi connectivity index (χ0n) is 18.9. The van der Waals surface area contributed by atoms with E-state index in [-0.39, 0.29) is 11.3 Å². The van der Waals surface area contributed by atoms with Crippen molar-refractivity contribution in [2.75, 3.05) is 30.4 Å². The second kappa shape index (κ2) is 9.61. The van der Waals surface area contributed by atoms with Crippen molar-refractivity contribution < 1.29 is 9.59 Å². The fourth-order valence-corrected chi connectivity index (χ4v) is 3.84. The third kappa shape index (κ3) is 5.79. The summed E-state index contributed by atoms with van der Waals surface area (Å²) in [5.74, 6) is 0.632. The maximum absolute atomic E-state index is 13.4. The van der Waals surface area contributed by atoms with Gasteiger partial charge in [-0.3, -0.25) is 14.7 Å². The number of amidine groups is 1. The lowest BCUT2D eigenvalue weighted by Crippen LogP contribution is -2.51. The van der Waals surface area contributed by atoms with E-state index in [9.17, 15) is 9.59 Å².